The van der Waals surface area contributed by atoms with E-state index in [4.69, 9.17) is 5.73 Å². The molecule has 19 heavy (non-hydrogen) atoms. The summed E-state index contributed by atoms with van der Waals surface area (Å²) < 4.78 is 0. The van der Waals surface area contributed by atoms with Crippen LogP contribution in [-0.2, 0) is 4.79 Å². The first-order valence-corrected chi connectivity index (χ1v) is 8.08. The van der Waals surface area contributed by atoms with Crippen molar-refractivity contribution in [1.82, 2.24) is 4.90 Å². The summed E-state index contributed by atoms with van der Waals surface area (Å²) in [6.45, 7) is 5.37. The van der Waals surface area contributed by atoms with Gasteiger partial charge in [0.2, 0.25) is 5.91 Å². The van der Waals surface area contributed by atoms with Crippen molar-refractivity contribution in [3.05, 3.63) is 0 Å². The third kappa shape index (κ3) is 4.48. The maximum atomic E-state index is 12.6. The van der Waals surface area contributed by atoms with E-state index in [1.807, 2.05) is 0 Å². The molecular weight excluding hydrogens is 236 g/mol. The van der Waals surface area contributed by atoms with Gasteiger partial charge in [0, 0.05) is 24.5 Å². The molecule has 0 aromatic carbocycles. The van der Waals surface area contributed by atoms with E-state index in [9.17, 15) is 4.79 Å². The third-order valence-electron chi connectivity index (χ3n) is 4.61. The second-order valence-electron chi connectivity index (χ2n) is 7.10. The van der Waals surface area contributed by atoms with Crippen LogP contribution in [0.1, 0.15) is 71.6 Å². The van der Waals surface area contributed by atoms with E-state index in [2.05, 4.69) is 18.7 Å². The number of carbonyl (C=O) groups excluding carboxylic acids is 1. The average Bonchev–Trinajstić information content (AvgIpc) is 3.13. The molecule has 3 heteroatoms. The maximum Gasteiger partial charge on any atom is 0.224 e. The number of rotatable bonds is 6. The van der Waals surface area contributed by atoms with E-state index in [0.717, 1.165) is 25.8 Å². The zero-order chi connectivity index (χ0) is 13.9. The quantitative estimate of drug-likeness (QED) is 0.803. The summed E-state index contributed by atoms with van der Waals surface area (Å²) >= 11 is 0. The SMILES string of the molecule is CC(C)CCN(C(=O)CC1(N)CCCCC1)C1CC1. The first kappa shape index (κ1) is 14.8. The number of hydrogen-bond acceptors (Lipinski definition) is 2. The second-order valence-corrected chi connectivity index (χ2v) is 7.10. The molecule has 3 nitrogen and oxygen atoms in total. The number of nitrogens with two attached hydrogens (primary N) is 1. The Kier molecular flexibility index (Phi) is 4.88. The highest BCUT2D eigenvalue weighted by Gasteiger charge is 2.36. The van der Waals surface area contributed by atoms with Gasteiger partial charge in [0.05, 0.1) is 0 Å². The summed E-state index contributed by atoms with van der Waals surface area (Å²) in [5.74, 6) is 0.975. The lowest BCUT2D eigenvalue weighted by Gasteiger charge is -2.35. The van der Waals surface area contributed by atoms with E-state index >= 15 is 0 Å². The van der Waals surface area contributed by atoms with Crippen LogP contribution in [-0.4, -0.2) is 28.9 Å². The van der Waals surface area contributed by atoms with Crippen LogP contribution in [0.3, 0.4) is 0 Å². The minimum absolute atomic E-state index is 0.208. The lowest BCUT2D eigenvalue weighted by molar-refractivity contribution is -0.133. The Bertz CT molecular complexity index is 304. The van der Waals surface area contributed by atoms with Crippen LogP contribution in [0.4, 0.5) is 0 Å². The predicted molar refractivity (Wildman–Crippen MR) is 78.8 cm³/mol. The molecule has 0 aromatic rings. The largest absolute Gasteiger partial charge is 0.340 e. The smallest absolute Gasteiger partial charge is 0.224 e. The van der Waals surface area contributed by atoms with Gasteiger partial charge in [-0.3, -0.25) is 4.79 Å². The molecule has 0 unspecified atom stereocenters. The summed E-state index contributed by atoms with van der Waals surface area (Å²) in [7, 11) is 0. The molecule has 0 aromatic heterocycles. The molecule has 0 radical (unpaired) electrons. The fourth-order valence-electron chi connectivity index (χ4n) is 3.13. The van der Waals surface area contributed by atoms with Crippen molar-refractivity contribution in [3.63, 3.8) is 0 Å². The molecule has 0 bridgehead atoms. The van der Waals surface area contributed by atoms with Crippen molar-refractivity contribution < 1.29 is 4.79 Å². The highest BCUT2D eigenvalue weighted by atomic mass is 16.2. The number of nitrogens with zero attached hydrogens (tertiary/aromatic N) is 1. The van der Waals surface area contributed by atoms with E-state index in [0.29, 0.717) is 24.3 Å². The van der Waals surface area contributed by atoms with E-state index < -0.39 is 0 Å². The molecule has 0 aliphatic heterocycles. The second kappa shape index (κ2) is 6.25. The van der Waals surface area contributed by atoms with Gasteiger partial charge in [-0.15, -0.1) is 0 Å². The molecular formula is C16H30N2O. The lowest BCUT2D eigenvalue weighted by Crippen LogP contribution is -2.47. The van der Waals surface area contributed by atoms with Gasteiger partial charge >= 0.3 is 0 Å². The highest BCUT2D eigenvalue weighted by molar-refractivity contribution is 5.78. The monoisotopic (exact) mass is 266 g/mol. The van der Waals surface area contributed by atoms with Crippen LogP contribution in [0, 0.1) is 5.92 Å². The molecule has 2 saturated carbocycles. The fourth-order valence-corrected chi connectivity index (χ4v) is 3.13. The van der Waals surface area contributed by atoms with Crippen LogP contribution in [0.25, 0.3) is 0 Å². The predicted octanol–water partition coefficient (Wildman–Crippen LogP) is 3.08. The molecule has 2 fully saturated rings. The Morgan fingerprint density at radius 1 is 1.26 bits per heavy atom. The standard InChI is InChI=1S/C16H30N2O/c1-13(2)8-11-18(14-6-7-14)15(19)12-16(17)9-4-3-5-10-16/h13-14H,3-12,17H2,1-2H3. The molecule has 0 saturated heterocycles. The topological polar surface area (TPSA) is 46.3 Å². The Labute approximate surface area is 117 Å². The maximum absolute atomic E-state index is 12.6. The van der Waals surface area contributed by atoms with Crippen molar-refractivity contribution in [3.8, 4) is 0 Å². The molecule has 2 N–H and O–H groups in total. The Morgan fingerprint density at radius 2 is 1.89 bits per heavy atom. The van der Waals surface area contributed by atoms with E-state index in [-0.39, 0.29) is 5.54 Å². The van der Waals surface area contributed by atoms with Gasteiger partial charge in [-0.1, -0.05) is 33.1 Å². The van der Waals surface area contributed by atoms with Crippen LogP contribution >= 0.6 is 0 Å². The molecule has 2 aliphatic carbocycles. The minimum atomic E-state index is -0.208. The van der Waals surface area contributed by atoms with Gasteiger partial charge in [0.15, 0.2) is 0 Å². The highest BCUT2D eigenvalue weighted by Crippen LogP contribution is 2.32. The van der Waals surface area contributed by atoms with Crippen molar-refractivity contribution in [2.75, 3.05) is 6.54 Å². The van der Waals surface area contributed by atoms with Gasteiger partial charge in [0.1, 0.15) is 0 Å². The Morgan fingerprint density at radius 3 is 2.42 bits per heavy atom. The summed E-state index contributed by atoms with van der Waals surface area (Å²) in [6.07, 6.45) is 9.80. The van der Waals surface area contributed by atoms with Crippen LogP contribution in [0.5, 0.6) is 0 Å². The summed E-state index contributed by atoms with van der Waals surface area (Å²) in [6, 6.07) is 0.526. The van der Waals surface area contributed by atoms with Gasteiger partial charge < -0.3 is 10.6 Å². The van der Waals surface area contributed by atoms with Gasteiger partial charge in [0.25, 0.3) is 0 Å². The van der Waals surface area contributed by atoms with Crippen LogP contribution in [0.15, 0.2) is 0 Å². The minimum Gasteiger partial charge on any atom is -0.340 e. The Balaban J connectivity index is 1.87. The zero-order valence-corrected chi connectivity index (χ0v) is 12.7. The average molecular weight is 266 g/mol. The molecule has 0 heterocycles. The van der Waals surface area contributed by atoms with Gasteiger partial charge in [-0.05, 0) is 38.0 Å². The normalized spacial score (nSPS) is 22.5. The van der Waals surface area contributed by atoms with Crippen molar-refractivity contribution >= 4 is 5.91 Å². The first-order valence-electron chi connectivity index (χ1n) is 8.08. The molecule has 110 valence electrons. The van der Waals surface area contributed by atoms with E-state index in [1.165, 1.54) is 32.1 Å². The first-order chi connectivity index (χ1) is 9.00. The Hall–Kier alpha value is -0.570. The van der Waals surface area contributed by atoms with E-state index in [1.54, 1.807) is 0 Å². The third-order valence-corrected chi connectivity index (χ3v) is 4.61. The molecule has 0 atom stereocenters. The van der Waals surface area contributed by atoms with Gasteiger partial charge in [-0.2, -0.15) is 0 Å². The van der Waals surface area contributed by atoms with Gasteiger partial charge in [-0.25, -0.2) is 0 Å². The fraction of sp³-hybridized carbons (Fsp3) is 0.938. The van der Waals surface area contributed by atoms with Crippen LogP contribution in [0.2, 0.25) is 0 Å². The molecule has 1 amide bonds. The number of amides is 1. The summed E-state index contributed by atoms with van der Waals surface area (Å²) in [4.78, 5) is 14.7. The molecule has 2 aliphatic rings. The lowest BCUT2D eigenvalue weighted by atomic mass is 9.80. The van der Waals surface area contributed by atoms with Crippen molar-refractivity contribution in [2.45, 2.75) is 83.2 Å². The summed E-state index contributed by atoms with van der Waals surface area (Å²) in [5.41, 5.74) is 6.22. The molecule has 2 rings (SSSR count). The van der Waals surface area contributed by atoms with Crippen molar-refractivity contribution in [2.24, 2.45) is 11.7 Å². The molecule has 0 spiro atoms. The summed E-state index contributed by atoms with van der Waals surface area (Å²) in [5, 5.41) is 0. The zero-order valence-electron chi connectivity index (χ0n) is 12.7. The number of carbonyl (C=O) groups is 1. The van der Waals surface area contributed by atoms with Crippen LogP contribution < -0.4 is 5.73 Å². The van der Waals surface area contributed by atoms with Crippen molar-refractivity contribution in [1.29, 1.82) is 0 Å². The number of hydrogen-bond donors (Lipinski definition) is 1.